The summed E-state index contributed by atoms with van der Waals surface area (Å²) in [5.74, 6) is 0. The molecule has 0 aliphatic heterocycles. The van der Waals surface area contributed by atoms with E-state index in [1.54, 1.807) is 0 Å². The molecular weight excluding hydrogens is 270 g/mol. The summed E-state index contributed by atoms with van der Waals surface area (Å²) in [4.78, 5) is 0. The van der Waals surface area contributed by atoms with E-state index in [9.17, 15) is 0 Å². The van der Waals surface area contributed by atoms with E-state index in [1.807, 2.05) is 0 Å². The topological polar surface area (TPSA) is 3.24 Å². The predicted octanol–water partition coefficient (Wildman–Crippen LogP) is 3.84. The van der Waals surface area contributed by atoms with Crippen LogP contribution in [0.25, 0.3) is 6.08 Å². The summed E-state index contributed by atoms with van der Waals surface area (Å²) in [6, 6.07) is 9.37. The van der Waals surface area contributed by atoms with Gasteiger partial charge in [0.1, 0.15) is 0 Å². The van der Waals surface area contributed by atoms with Crippen LogP contribution in [0.5, 0.6) is 0 Å². The summed E-state index contributed by atoms with van der Waals surface area (Å²) in [7, 11) is 0. The van der Waals surface area contributed by atoms with E-state index in [0.29, 0.717) is 6.04 Å². The second kappa shape index (κ2) is 5.46. The van der Waals surface area contributed by atoms with Crippen LogP contribution in [0.15, 0.2) is 30.3 Å². The zero-order chi connectivity index (χ0) is 13.3. The molecule has 1 aromatic carbocycles. The number of rotatable bonds is 3. The standard InChI is InChI=1S/C13H16N.C2H7Si.Ti/c1-13(2,3)14-12-9-8-10-6-4-5-7-11(10)12;1-3-2;/h4-9,12H,1-3H3;3H,1-2H3;/q-1;;+1. The molecule has 0 spiro atoms. The molecule has 0 saturated heterocycles. The molecule has 1 unspecified atom stereocenters. The van der Waals surface area contributed by atoms with Crippen molar-refractivity contribution in [2.75, 3.05) is 0 Å². The van der Waals surface area contributed by atoms with Gasteiger partial charge in [-0.05, 0) is 0 Å². The van der Waals surface area contributed by atoms with Gasteiger partial charge in [0, 0.05) is 0 Å². The quantitative estimate of drug-likeness (QED) is 0.765. The van der Waals surface area contributed by atoms with E-state index >= 15 is 0 Å². The fourth-order valence-corrected chi connectivity index (χ4v) is 9.05. The zero-order valence-electron chi connectivity index (χ0n) is 12.1. The van der Waals surface area contributed by atoms with E-state index < -0.39 is 6.66 Å². The number of hydrogen-bond donors (Lipinski definition) is 0. The minimum atomic E-state index is -0.482. The van der Waals surface area contributed by atoms with Crippen LogP contribution < -0.4 is 0 Å². The molecule has 1 aliphatic carbocycles. The van der Waals surface area contributed by atoms with Crippen LogP contribution in [0.1, 0.15) is 37.9 Å². The second-order valence-corrected chi connectivity index (χ2v) is 16.2. The Morgan fingerprint density at radius 2 is 1.83 bits per heavy atom. The normalized spacial score (nSPS) is 18.5. The van der Waals surface area contributed by atoms with Gasteiger partial charge in [-0.25, -0.2) is 0 Å². The Morgan fingerprint density at radius 3 is 2.44 bits per heavy atom. The van der Waals surface area contributed by atoms with Crippen molar-refractivity contribution in [2.24, 2.45) is 0 Å². The average Bonchev–Trinajstić information content (AvgIpc) is 2.67. The first-order valence-electron chi connectivity index (χ1n) is 6.72. The number of nitrogens with zero attached hydrogens (tertiary/aromatic N) is 1. The molecule has 0 saturated carbocycles. The Labute approximate surface area is 121 Å². The summed E-state index contributed by atoms with van der Waals surface area (Å²) in [5.41, 5.74) is 3.20. The Bertz CT molecular complexity index is 448. The van der Waals surface area contributed by atoms with Gasteiger partial charge in [0.25, 0.3) is 0 Å². The Hall–Kier alpha value is -0.149. The maximum atomic E-state index is 2.80. The number of hydrogen-bond acceptors (Lipinski definition) is 1. The van der Waals surface area contributed by atoms with Crippen molar-refractivity contribution in [3.63, 3.8) is 0 Å². The SMILES string of the molecule is C[SiH](C)[Ti][N](C1C=Cc2ccccc21)C(C)(C)C. The third kappa shape index (κ3) is 3.05. The van der Waals surface area contributed by atoms with Gasteiger partial charge in [-0.1, -0.05) is 0 Å². The van der Waals surface area contributed by atoms with E-state index in [4.69, 9.17) is 0 Å². The molecular formula is C15H23NSiTi. The summed E-state index contributed by atoms with van der Waals surface area (Å²) in [6.45, 7) is 11.6. The van der Waals surface area contributed by atoms with Crippen molar-refractivity contribution in [3.05, 3.63) is 41.5 Å². The molecule has 1 nitrogen and oxygen atoms in total. The van der Waals surface area contributed by atoms with Crippen molar-refractivity contribution >= 4 is 12.7 Å². The Kier molecular flexibility index (Phi) is 4.33. The average molecular weight is 293 g/mol. The fourth-order valence-electron chi connectivity index (χ4n) is 2.43. The van der Waals surface area contributed by atoms with Crippen LogP contribution in [0, 0.1) is 0 Å². The molecule has 0 radical (unpaired) electrons. The van der Waals surface area contributed by atoms with Crippen molar-refractivity contribution in [1.82, 2.24) is 3.38 Å². The zero-order valence-corrected chi connectivity index (χ0v) is 14.8. The predicted molar refractivity (Wildman–Crippen MR) is 78.7 cm³/mol. The van der Waals surface area contributed by atoms with Crippen molar-refractivity contribution in [1.29, 1.82) is 0 Å². The molecule has 0 fully saturated rings. The first-order chi connectivity index (χ1) is 8.39. The van der Waals surface area contributed by atoms with Gasteiger partial charge in [0.15, 0.2) is 0 Å². The van der Waals surface area contributed by atoms with Crippen LogP contribution >= 0.6 is 0 Å². The van der Waals surface area contributed by atoms with Crippen LogP contribution in [-0.4, -0.2) is 15.6 Å². The van der Waals surface area contributed by atoms with Gasteiger partial charge in [0.05, 0.1) is 0 Å². The van der Waals surface area contributed by atoms with E-state index in [1.165, 1.54) is 11.1 Å². The van der Waals surface area contributed by atoms with Crippen molar-refractivity contribution in [2.45, 2.75) is 45.4 Å². The molecule has 0 amide bonds. The Balaban J connectivity index is 2.31. The maximum absolute atomic E-state index is 2.80. The molecule has 3 heteroatoms. The van der Waals surface area contributed by atoms with Gasteiger partial charge in [-0.3, -0.25) is 0 Å². The first-order valence-corrected chi connectivity index (χ1v) is 13.0. The molecule has 96 valence electrons. The van der Waals surface area contributed by atoms with Gasteiger partial charge in [-0.15, -0.1) is 0 Å². The molecule has 1 aliphatic rings. The van der Waals surface area contributed by atoms with Crippen LogP contribution in [0.4, 0.5) is 0 Å². The van der Waals surface area contributed by atoms with Gasteiger partial charge < -0.3 is 0 Å². The number of benzene rings is 1. The summed E-state index contributed by atoms with van der Waals surface area (Å²) < 4.78 is 2.80. The third-order valence-electron chi connectivity index (χ3n) is 3.17. The Morgan fingerprint density at radius 1 is 1.17 bits per heavy atom. The van der Waals surface area contributed by atoms with Gasteiger partial charge >= 0.3 is 122 Å². The second-order valence-electron chi connectivity index (χ2n) is 6.26. The molecule has 0 N–H and O–H groups in total. The van der Waals surface area contributed by atoms with E-state index in [2.05, 4.69) is 73.7 Å². The van der Waals surface area contributed by atoms with Gasteiger partial charge in [0.2, 0.25) is 0 Å². The first kappa shape index (κ1) is 14.3. The summed E-state index contributed by atoms with van der Waals surface area (Å²) >= 11 is 0.0442. The van der Waals surface area contributed by atoms with Crippen molar-refractivity contribution in [3.8, 4) is 0 Å². The van der Waals surface area contributed by atoms with E-state index in [-0.39, 0.29) is 24.2 Å². The van der Waals surface area contributed by atoms with Crippen molar-refractivity contribution < 1.29 is 18.7 Å². The third-order valence-corrected chi connectivity index (χ3v) is 9.17. The molecule has 18 heavy (non-hydrogen) atoms. The summed E-state index contributed by atoms with van der Waals surface area (Å²) in [6.07, 6.45) is 4.70. The van der Waals surface area contributed by atoms with Crippen LogP contribution in [-0.2, 0) is 18.7 Å². The number of fused-ring (bicyclic) bond motifs is 1. The van der Waals surface area contributed by atoms with E-state index in [0.717, 1.165) is 0 Å². The summed E-state index contributed by atoms with van der Waals surface area (Å²) in [5, 5.41) is 0. The fraction of sp³-hybridized carbons (Fsp3) is 0.467. The van der Waals surface area contributed by atoms with Crippen LogP contribution in [0.3, 0.4) is 0 Å². The molecule has 0 heterocycles. The molecule has 0 bridgehead atoms. The molecule has 1 aromatic rings. The molecule has 1 atom stereocenters. The minimum absolute atomic E-state index is 0.0442. The van der Waals surface area contributed by atoms with Crippen LogP contribution in [0.2, 0.25) is 13.1 Å². The monoisotopic (exact) mass is 293 g/mol. The molecule has 2 rings (SSSR count). The molecule has 0 aromatic heterocycles. The van der Waals surface area contributed by atoms with Gasteiger partial charge in [-0.2, -0.15) is 0 Å².